The highest BCUT2D eigenvalue weighted by molar-refractivity contribution is 7.80. The summed E-state index contributed by atoms with van der Waals surface area (Å²) in [6.07, 6.45) is -1.07. The SMILES string of the molecule is C[N+](C)(C)CC(CC(=O)[O-])OC(=O)[C@@H](N)CS. The van der Waals surface area contributed by atoms with Crippen LogP contribution in [0.15, 0.2) is 0 Å². The largest absolute Gasteiger partial charge is 0.550 e. The van der Waals surface area contributed by atoms with Crippen molar-refractivity contribution in [2.24, 2.45) is 5.73 Å². The Morgan fingerprint density at radius 2 is 1.94 bits per heavy atom. The minimum absolute atomic E-state index is 0.154. The third-order valence-corrected chi connectivity index (χ3v) is 2.32. The van der Waals surface area contributed by atoms with Gasteiger partial charge in [0.25, 0.3) is 0 Å². The maximum absolute atomic E-state index is 11.4. The third-order valence-electron chi connectivity index (χ3n) is 1.93. The van der Waals surface area contributed by atoms with Crippen molar-refractivity contribution in [2.75, 3.05) is 33.4 Å². The van der Waals surface area contributed by atoms with Gasteiger partial charge < -0.3 is 24.9 Å². The van der Waals surface area contributed by atoms with Crippen LogP contribution in [0.5, 0.6) is 0 Å². The summed E-state index contributed by atoms with van der Waals surface area (Å²) < 4.78 is 5.51. The Kier molecular flexibility index (Phi) is 6.51. The van der Waals surface area contributed by atoms with Gasteiger partial charge in [-0.15, -0.1) is 0 Å². The van der Waals surface area contributed by atoms with Gasteiger partial charge in [0.15, 0.2) is 6.10 Å². The highest BCUT2D eigenvalue weighted by Gasteiger charge is 2.24. The second-order valence-electron chi connectivity index (χ2n) is 4.90. The first-order valence-corrected chi connectivity index (χ1v) is 5.86. The summed E-state index contributed by atoms with van der Waals surface area (Å²) in [6.45, 7) is 0.374. The number of hydrogen-bond donors (Lipinski definition) is 2. The molecule has 0 aliphatic heterocycles. The zero-order valence-corrected chi connectivity index (χ0v) is 11.3. The van der Waals surface area contributed by atoms with Crippen molar-refractivity contribution in [1.29, 1.82) is 0 Å². The number of quaternary nitrogens is 1. The molecule has 17 heavy (non-hydrogen) atoms. The zero-order valence-electron chi connectivity index (χ0n) is 10.4. The highest BCUT2D eigenvalue weighted by Crippen LogP contribution is 2.06. The van der Waals surface area contributed by atoms with Crippen LogP contribution in [-0.4, -0.2) is 62.0 Å². The highest BCUT2D eigenvalue weighted by atomic mass is 32.1. The molecule has 2 atom stereocenters. The second-order valence-corrected chi connectivity index (χ2v) is 5.26. The minimum atomic E-state index is -1.25. The number of thiol groups is 1. The van der Waals surface area contributed by atoms with Gasteiger partial charge in [-0.1, -0.05) is 0 Å². The number of carboxylic acid groups (broad SMARTS) is 1. The molecule has 0 saturated carbocycles. The number of esters is 1. The predicted octanol–water partition coefficient (Wildman–Crippen LogP) is -2.00. The molecule has 0 aromatic carbocycles. The van der Waals surface area contributed by atoms with Gasteiger partial charge >= 0.3 is 5.97 Å². The van der Waals surface area contributed by atoms with Crippen molar-refractivity contribution >= 4 is 24.6 Å². The molecule has 6 nitrogen and oxygen atoms in total. The number of carbonyl (C=O) groups is 2. The topological polar surface area (TPSA) is 92.5 Å². The van der Waals surface area contributed by atoms with E-state index in [9.17, 15) is 14.7 Å². The van der Waals surface area contributed by atoms with Crippen LogP contribution in [-0.2, 0) is 14.3 Å². The molecule has 0 spiro atoms. The molecule has 0 bridgehead atoms. The van der Waals surface area contributed by atoms with Crippen molar-refractivity contribution in [3.63, 3.8) is 0 Å². The molecule has 1 unspecified atom stereocenters. The Balaban J connectivity index is 4.48. The van der Waals surface area contributed by atoms with Crippen LogP contribution < -0.4 is 10.8 Å². The molecule has 0 radical (unpaired) electrons. The van der Waals surface area contributed by atoms with E-state index in [1.54, 1.807) is 0 Å². The first kappa shape index (κ1) is 16.2. The first-order valence-electron chi connectivity index (χ1n) is 5.23. The number of rotatable bonds is 7. The lowest BCUT2D eigenvalue weighted by molar-refractivity contribution is -0.873. The third kappa shape index (κ3) is 8.00. The molecule has 0 rings (SSSR count). The number of nitrogens with zero attached hydrogens (tertiary/aromatic N) is 1. The van der Waals surface area contributed by atoms with Crippen molar-refractivity contribution in [2.45, 2.75) is 18.6 Å². The van der Waals surface area contributed by atoms with E-state index < -0.39 is 24.1 Å². The molecule has 0 aliphatic carbocycles. The lowest BCUT2D eigenvalue weighted by atomic mass is 10.2. The number of ether oxygens (including phenoxy) is 1. The van der Waals surface area contributed by atoms with Gasteiger partial charge in [-0.2, -0.15) is 12.6 Å². The van der Waals surface area contributed by atoms with Gasteiger partial charge in [0.05, 0.1) is 21.1 Å². The average Bonchev–Trinajstić information content (AvgIpc) is 2.12. The Morgan fingerprint density at radius 1 is 1.41 bits per heavy atom. The fourth-order valence-corrected chi connectivity index (χ4v) is 1.42. The molecule has 0 fully saturated rings. The van der Waals surface area contributed by atoms with Crippen LogP contribution in [0.3, 0.4) is 0 Å². The molecule has 100 valence electrons. The summed E-state index contributed by atoms with van der Waals surface area (Å²) in [5.41, 5.74) is 5.44. The van der Waals surface area contributed by atoms with E-state index in [1.807, 2.05) is 21.1 Å². The lowest BCUT2D eigenvalue weighted by Gasteiger charge is -2.29. The molecule has 0 heterocycles. The summed E-state index contributed by atoms with van der Waals surface area (Å²) in [4.78, 5) is 22.0. The Labute approximate surface area is 107 Å². The Morgan fingerprint density at radius 3 is 2.29 bits per heavy atom. The fourth-order valence-electron chi connectivity index (χ4n) is 1.27. The number of nitrogens with two attached hydrogens (primary N) is 1. The zero-order chi connectivity index (χ0) is 13.6. The van der Waals surface area contributed by atoms with E-state index in [4.69, 9.17) is 10.5 Å². The molecule has 0 amide bonds. The van der Waals surface area contributed by atoms with Gasteiger partial charge in [-0.05, 0) is 0 Å². The smallest absolute Gasteiger partial charge is 0.324 e. The number of carbonyl (C=O) groups excluding carboxylic acids is 2. The molecular weight excluding hydrogens is 244 g/mol. The molecule has 0 aromatic heterocycles. The van der Waals surface area contributed by atoms with Gasteiger partial charge in [0.2, 0.25) is 0 Å². The van der Waals surface area contributed by atoms with Crippen molar-refractivity contribution in [1.82, 2.24) is 0 Å². The monoisotopic (exact) mass is 264 g/mol. The van der Waals surface area contributed by atoms with Crippen LogP contribution in [0.1, 0.15) is 6.42 Å². The molecule has 0 saturated heterocycles. The second kappa shape index (κ2) is 6.83. The Bertz CT molecular complexity index is 278. The van der Waals surface area contributed by atoms with Gasteiger partial charge in [-0.3, -0.25) is 4.79 Å². The summed E-state index contributed by atoms with van der Waals surface area (Å²) in [5, 5.41) is 10.6. The number of likely N-dealkylation sites (N-methyl/N-ethyl adjacent to an activating group) is 1. The van der Waals surface area contributed by atoms with E-state index in [2.05, 4.69) is 12.6 Å². The number of carboxylic acids is 1. The van der Waals surface area contributed by atoms with Crippen LogP contribution >= 0.6 is 12.6 Å². The predicted molar refractivity (Wildman–Crippen MR) is 64.2 cm³/mol. The van der Waals surface area contributed by atoms with Crippen LogP contribution in [0.25, 0.3) is 0 Å². The van der Waals surface area contributed by atoms with Gasteiger partial charge in [0, 0.05) is 18.1 Å². The lowest BCUT2D eigenvalue weighted by Crippen LogP contribution is -2.47. The summed E-state index contributed by atoms with van der Waals surface area (Å²) in [7, 11) is 5.61. The van der Waals surface area contributed by atoms with E-state index in [1.165, 1.54) is 0 Å². The summed E-state index contributed by atoms with van der Waals surface area (Å²) in [5.74, 6) is -1.74. The minimum Gasteiger partial charge on any atom is -0.550 e. The van der Waals surface area contributed by atoms with Gasteiger partial charge in [0.1, 0.15) is 12.6 Å². The average molecular weight is 264 g/mol. The van der Waals surface area contributed by atoms with E-state index in [0.717, 1.165) is 0 Å². The Hall–Kier alpha value is -0.790. The molecular formula is C10H20N2O4S. The first-order chi connectivity index (χ1) is 7.65. The maximum atomic E-state index is 11.4. The summed E-state index contributed by atoms with van der Waals surface area (Å²) >= 11 is 3.88. The van der Waals surface area contributed by atoms with E-state index in [-0.39, 0.29) is 12.2 Å². The number of hydrogen-bond acceptors (Lipinski definition) is 6. The van der Waals surface area contributed by atoms with Crippen LogP contribution in [0.4, 0.5) is 0 Å². The van der Waals surface area contributed by atoms with E-state index in [0.29, 0.717) is 11.0 Å². The van der Waals surface area contributed by atoms with Crippen molar-refractivity contribution in [3.8, 4) is 0 Å². The standard InChI is InChI=1S/C10H20N2O4S/c1-12(2,3)5-7(4-9(13)14)16-10(15)8(11)6-17/h7-8H,4-6,11H2,1-3H3,(H-,13,14,17)/t7?,8-/m0/s1. The van der Waals surface area contributed by atoms with Crippen LogP contribution in [0, 0.1) is 0 Å². The summed E-state index contributed by atoms with van der Waals surface area (Å²) in [6, 6.07) is -0.838. The van der Waals surface area contributed by atoms with Crippen molar-refractivity contribution < 1.29 is 23.9 Å². The fraction of sp³-hybridized carbons (Fsp3) is 0.800. The molecule has 7 heteroatoms. The molecule has 2 N–H and O–H groups in total. The molecule has 0 aromatic rings. The maximum Gasteiger partial charge on any atom is 0.324 e. The quantitative estimate of drug-likeness (QED) is 0.315. The molecule has 0 aliphatic rings. The van der Waals surface area contributed by atoms with Crippen LogP contribution in [0.2, 0.25) is 0 Å². The normalized spacial score (nSPS) is 15.1. The van der Waals surface area contributed by atoms with Crippen molar-refractivity contribution in [3.05, 3.63) is 0 Å². The number of aliphatic carboxylic acids is 1. The van der Waals surface area contributed by atoms with E-state index >= 15 is 0 Å². The van der Waals surface area contributed by atoms with Gasteiger partial charge in [-0.25, -0.2) is 0 Å².